The second-order valence-corrected chi connectivity index (χ2v) is 4.42. The molecule has 4 nitrogen and oxygen atoms in total. The number of amidine groups is 1. The van der Waals surface area contributed by atoms with Gasteiger partial charge in [-0.2, -0.15) is 5.26 Å². The number of aliphatic hydroxyl groups is 1. The molecule has 1 aliphatic rings. The highest BCUT2D eigenvalue weighted by atomic mass is 16.3. The van der Waals surface area contributed by atoms with Crippen molar-refractivity contribution in [3.05, 3.63) is 65.2 Å². The smallest absolute Gasteiger partial charge is 0.174 e. The third kappa shape index (κ3) is 1.53. The molecule has 0 bridgehead atoms. The molecule has 0 fully saturated rings. The van der Waals surface area contributed by atoms with E-state index in [4.69, 9.17) is 11.0 Å². The van der Waals surface area contributed by atoms with Crippen molar-refractivity contribution in [2.75, 3.05) is 0 Å². The Bertz CT molecular complexity index is 716. The van der Waals surface area contributed by atoms with Crippen LogP contribution in [-0.4, -0.2) is 10.9 Å². The number of nitrogens with zero attached hydrogens (tertiary/aromatic N) is 2. The van der Waals surface area contributed by atoms with Gasteiger partial charge in [-0.15, -0.1) is 0 Å². The fraction of sp³-hybridized carbons (Fsp3) is 0.0667. The summed E-state index contributed by atoms with van der Waals surface area (Å²) >= 11 is 0. The van der Waals surface area contributed by atoms with Crippen LogP contribution in [0, 0.1) is 11.3 Å². The minimum Gasteiger partial charge on any atom is -0.384 e. The van der Waals surface area contributed by atoms with E-state index in [1.165, 1.54) is 0 Å². The monoisotopic (exact) mass is 249 g/mol. The molecule has 0 aromatic heterocycles. The fourth-order valence-corrected chi connectivity index (χ4v) is 2.32. The van der Waals surface area contributed by atoms with Gasteiger partial charge in [0.15, 0.2) is 5.60 Å². The van der Waals surface area contributed by atoms with E-state index in [0.717, 1.165) is 0 Å². The number of hydrogen-bond donors (Lipinski definition) is 2. The van der Waals surface area contributed by atoms with E-state index in [1.54, 1.807) is 30.3 Å². The molecule has 0 aliphatic carbocycles. The Kier molecular flexibility index (Phi) is 2.37. The maximum atomic E-state index is 10.9. The summed E-state index contributed by atoms with van der Waals surface area (Å²) in [7, 11) is 0. The Hall–Kier alpha value is -2.64. The number of fused-ring (bicyclic) bond motifs is 1. The van der Waals surface area contributed by atoms with Crippen molar-refractivity contribution in [1.29, 1.82) is 5.26 Å². The van der Waals surface area contributed by atoms with E-state index in [9.17, 15) is 5.11 Å². The van der Waals surface area contributed by atoms with E-state index in [1.807, 2.05) is 18.2 Å². The van der Waals surface area contributed by atoms with Gasteiger partial charge in [0, 0.05) is 5.56 Å². The van der Waals surface area contributed by atoms with Crippen molar-refractivity contribution in [2.24, 2.45) is 10.7 Å². The number of rotatable bonds is 1. The number of nitrogens with two attached hydrogens (primary N) is 1. The van der Waals surface area contributed by atoms with Gasteiger partial charge in [-0.3, -0.25) is 0 Å². The Labute approximate surface area is 110 Å². The number of hydrogen-bond acceptors (Lipinski definition) is 4. The Morgan fingerprint density at radius 1 is 1.16 bits per heavy atom. The molecule has 2 aromatic rings. The molecule has 2 aromatic carbocycles. The van der Waals surface area contributed by atoms with Crippen molar-refractivity contribution in [1.82, 2.24) is 0 Å². The average Bonchev–Trinajstić information content (AvgIpc) is 2.72. The summed E-state index contributed by atoms with van der Waals surface area (Å²) in [5, 5.41) is 19.9. The maximum Gasteiger partial charge on any atom is 0.174 e. The zero-order chi connectivity index (χ0) is 13.5. The summed E-state index contributed by atoms with van der Waals surface area (Å²) in [6.45, 7) is 0. The van der Waals surface area contributed by atoms with E-state index < -0.39 is 5.60 Å². The number of nitriles is 1. The molecular formula is C15H11N3O. The summed E-state index contributed by atoms with van der Waals surface area (Å²) in [5.41, 5.74) is 6.71. The lowest BCUT2D eigenvalue weighted by molar-refractivity contribution is 0.158. The lowest BCUT2D eigenvalue weighted by Crippen LogP contribution is -2.39. The second kappa shape index (κ2) is 3.94. The lowest BCUT2D eigenvalue weighted by Gasteiger charge is -2.24. The highest BCUT2D eigenvalue weighted by Gasteiger charge is 2.42. The molecule has 0 radical (unpaired) electrons. The van der Waals surface area contributed by atoms with Gasteiger partial charge in [-0.25, -0.2) is 4.99 Å². The molecule has 1 heterocycles. The maximum absolute atomic E-state index is 10.9. The molecule has 4 heteroatoms. The van der Waals surface area contributed by atoms with E-state index in [0.29, 0.717) is 22.4 Å². The van der Waals surface area contributed by atoms with Gasteiger partial charge >= 0.3 is 0 Å². The quantitative estimate of drug-likeness (QED) is 0.808. The van der Waals surface area contributed by atoms with Crippen LogP contribution in [0.3, 0.4) is 0 Å². The third-order valence-electron chi connectivity index (χ3n) is 3.32. The Morgan fingerprint density at radius 2 is 1.89 bits per heavy atom. The van der Waals surface area contributed by atoms with Crippen molar-refractivity contribution < 1.29 is 5.11 Å². The minimum atomic E-state index is -1.45. The second-order valence-electron chi connectivity index (χ2n) is 4.42. The molecule has 1 unspecified atom stereocenters. The minimum absolute atomic E-state index is 0.129. The van der Waals surface area contributed by atoms with Crippen LogP contribution < -0.4 is 5.73 Å². The fourth-order valence-electron chi connectivity index (χ4n) is 2.32. The predicted octanol–water partition coefficient (Wildman–Crippen LogP) is 1.80. The van der Waals surface area contributed by atoms with E-state index in [-0.39, 0.29) is 5.84 Å². The summed E-state index contributed by atoms with van der Waals surface area (Å²) in [5.74, 6) is 0.129. The molecule has 0 saturated carbocycles. The van der Waals surface area contributed by atoms with Gasteiger partial charge in [-0.1, -0.05) is 30.3 Å². The first-order valence-corrected chi connectivity index (χ1v) is 5.83. The summed E-state index contributed by atoms with van der Waals surface area (Å²) < 4.78 is 0. The number of aliphatic imine (C=N–C) groups is 1. The van der Waals surface area contributed by atoms with Crippen molar-refractivity contribution >= 4 is 11.5 Å². The van der Waals surface area contributed by atoms with Crippen molar-refractivity contribution in [3.8, 4) is 6.07 Å². The van der Waals surface area contributed by atoms with Crippen LogP contribution in [0.4, 0.5) is 5.69 Å². The molecule has 0 amide bonds. The summed E-state index contributed by atoms with van der Waals surface area (Å²) in [4.78, 5) is 4.19. The largest absolute Gasteiger partial charge is 0.384 e. The van der Waals surface area contributed by atoms with E-state index in [2.05, 4.69) is 11.1 Å². The lowest BCUT2D eigenvalue weighted by atomic mass is 9.86. The van der Waals surface area contributed by atoms with Crippen LogP contribution in [0.15, 0.2) is 53.5 Å². The molecule has 19 heavy (non-hydrogen) atoms. The van der Waals surface area contributed by atoms with Gasteiger partial charge in [0.2, 0.25) is 0 Å². The SMILES string of the molecule is N#Cc1ccc2c(c1)C(O)(c1ccccc1)C(N)=N2. The van der Waals surface area contributed by atoms with E-state index >= 15 is 0 Å². The van der Waals surface area contributed by atoms with Crippen molar-refractivity contribution in [3.63, 3.8) is 0 Å². The Morgan fingerprint density at radius 3 is 2.58 bits per heavy atom. The molecule has 92 valence electrons. The van der Waals surface area contributed by atoms with Crippen LogP contribution in [0.2, 0.25) is 0 Å². The van der Waals surface area contributed by atoms with Gasteiger partial charge in [-0.05, 0) is 23.8 Å². The average molecular weight is 249 g/mol. The molecular weight excluding hydrogens is 238 g/mol. The topological polar surface area (TPSA) is 82.4 Å². The van der Waals surface area contributed by atoms with Crippen LogP contribution in [0.1, 0.15) is 16.7 Å². The normalized spacial score (nSPS) is 20.5. The molecule has 3 N–H and O–H groups in total. The first-order chi connectivity index (χ1) is 9.16. The van der Waals surface area contributed by atoms with Crippen LogP contribution >= 0.6 is 0 Å². The molecule has 0 spiro atoms. The summed E-state index contributed by atoms with van der Waals surface area (Å²) in [6, 6.07) is 16.1. The van der Waals surface area contributed by atoms with Gasteiger partial charge in [0.1, 0.15) is 5.84 Å². The first-order valence-electron chi connectivity index (χ1n) is 5.83. The molecule has 1 atom stereocenters. The predicted molar refractivity (Wildman–Crippen MR) is 71.9 cm³/mol. The highest BCUT2D eigenvalue weighted by molar-refractivity contribution is 6.00. The van der Waals surface area contributed by atoms with Crippen LogP contribution in [0.25, 0.3) is 0 Å². The first kappa shape index (κ1) is 11.5. The van der Waals surface area contributed by atoms with Gasteiger partial charge < -0.3 is 10.8 Å². The summed E-state index contributed by atoms with van der Waals surface area (Å²) in [6.07, 6.45) is 0. The van der Waals surface area contributed by atoms with Crippen LogP contribution in [-0.2, 0) is 5.60 Å². The van der Waals surface area contributed by atoms with Gasteiger partial charge in [0.05, 0.1) is 17.3 Å². The highest BCUT2D eigenvalue weighted by Crippen LogP contribution is 2.41. The molecule has 1 aliphatic heterocycles. The molecule has 0 saturated heterocycles. The van der Waals surface area contributed by atoms with Gasteiger partial charge in [0.25, 0.3) is 0 Å². The van der Waals surface area contributed by atoms with Crippen LogP contribution in [0.5, 0.6) is 0 Å². The zero-order valence-electron chi connectivity index (χ0n) is 10.0. The van der Waals surface area contributed by atoms with Crippen molar-refractivity contribution in [2.45, 2.75) is 5.60 Å². The third-order valence-corrected chi connectivity index (χ3v) is 3.32. The Balaban J connectivity index is 2.26. The number of benzene rings is 2. The zero-order valence-corrected chi connectivity index (χ0v) is 10.0. The standard InChI is InChI=1S/C15H11N3O/c16-9-10-6-7-13-12(8-10)15(19,14(17)18-13)11-4-2-1-3-5-11/h1-8,19H,(H2,17,18). The molecule has 3 rings (SSSR count).